The molecule has 2 aliphatic heterocycles. The molecular formula is C22H20FN3O2. The number of benzene rings is 2. The highest BCUT2D eigenvalue weighted by molar-refractivity contribution is 6.22. The topological polar surface area (TPSA) is 64.4 Å². The lowest BCUT2D eigenvalue weighted by atomic mass is 9.74. The fourth-order valence-electron chi connectivity index (χ4n) is 4.23. The van der Waals surface area contributed by atoms with Gasteiger partial charge in [0.1, 0.15) is 5.82 Å². The fourth-order valence-corrected chi connectivity index (χ4v) is 4.23. The quantitative estimate of drug-likeness (QED) is 0.772. The van der Waals surface area contributed by atoms with E-state index in [1.807, 2.05) is 35.2 Å². The van der Waals surface area contributed by atoms with Crippen LogP contribution in [0.1, 0.15) is 24.8 Å². The van der Waals surface area contributed by atoms with Gasteiger partial charge >= 0.3 is 0 Å². The van der Waals surface area contributed by atoms with E-state index in [2.05, 4.69) is 6.07 Å². The third-order valence-corrected chi connectivity index (χ3v) is 5.85. The van der Waals surface area contributed by atoms with Gasteiger partial charge < -0.3 is 0 Å². The van der Waals surface area contributed by atoms with Crippen LogP contribution in [0.25, 0.3) is 0 Å². The second-order valence-electron chi connectivity index (χ2n) is 7.33. The van der Waals surface area contributed by atoms with E-state index in [0.717, 1.165) is 10.5 Å². The Balaban J connectivity index is 1.51. The molecule has 0 radical (unpaired) electrons. The van der Waals surface area contributed by atoms with Crippen molar-refractivity contribution >= 4 is 17.5 Å². The maximum atomic E-state index is 14.1. The Kier molecular flexibility index (Phi) is 4.70. The van der Waals surface area contributed by atoms with E-state index >= 15 is 0 Å². The van der Waals surface area contributed by atoms with Crippen LogP contribution in [0.15, 0.2) is 54.6 Å². The summed E-state index contributed by atoms with van der Waals surface area (Å²) in [6, 6.07) is 17.4. The van der Waals surface area contributed by atoms with Crippen molar-refractivity contribution in [1.29, 1.82) is 5.26 Å². The van der Waals surface area contributed by atoms with Crippen LogP contribution in [0, 0.1) is 17.1 Å². The maximum absolute atomic E-state index is 14.1. The van der Waals surface area contributed by atoms with Gasteiger partial charge in [-0.25, -0.2) is 9.29 Å². The molecule has 2 saturated heterocycles. The summed E-state index contributed by atoms with van der Waals surface area (Å²) in [5.74, 6) is -1.37. The molecular weight excluding hydrogens is 357 g/mol. The lowest BCUT2D eigenvalue weighted by Crippen LogP contribution is -2.49. The van der Waals surface area contributed by atoms with Gasteiger partial charge in [0.25, 0.3) is 5.91 Å². The van der Waals surface area contributed by atoms with Gasteiger partial charge in [-0.2, -0.15) is 5.26 Å². The van der Waals surface area contributed by atoms with E-state index in [1.54, 1.807) is 6.07 Å². The first-order valence-electron chi connectivity index (χ1n) is 9.38. The standard InChI is InChI=1S/C22H20FN3O2/c23-17-8-4-5-9-18(17)26-20(27)14-19(21(26)28)25-12-10-22(15-24,11-13-25)16-6-2-1-3-7-16/h1-9,19H,10-14H2. The summed E-state index contributed by atoms with van der Waals surface area (Å²) >= 11 is 0. The van der Waals surface area contributed by atoms with Crippen LogP contribution in [-0.4, -0.2) is 35.8 Å². The van der Waals surface area contributed by atoms with Gasteiger partial charge in [0.05, 0.1) is 29.6 Å². The molecule has 0 spiro atoms. The van der Waals surface area contributed by atoms with Crippen LogP contribution in [0.4, 0.5) is 10.1 Å². The number of rotatable bonds is 3. The highest BCUT2D eigenvalue weighted by Gasteiger charge is 2.46. The van der Waals surface area contributed by atoms with Gasteiger partial charge in [0.2, 0.25) is 5.91 Å². The first kappa shape index (κ1) is 18.3. The molecule has 2 heterocycles. The lowest BCUT2D eigenvalue weighted by Gasteiger charge is -2.39. The van der Waals surface area contributed by atoms with E-state index in [9.17, 15) is 19.2 Å². The van der Waals surface area contributed by atoms with Crippen LogP contribution in [0.5, 0.6) is 0 Å². The number of anilines is 1. The zero-order valence-electron chi connectivity index (χ0n) is 15.3. The molecule has 5 nitrogen and oxygen atoms in total. The molecule has 2 aromatic carbocycles. The van der Waals surface area contributed by atoms with Crippen LogP contribution in [0.3, 0.4) is 0 Å². The minimum Gasteiger partial charge on any atom is -0.291 e. The second kappa shape index (κ2) is 7.17. The second-order valence-corrected chi connectivity index (χ2v) is 7.33. The minimum atomic E-state index is -0.598. The molecule has 142 valence electrons. The number of halogens is 1. The highest BCUT2D eigenvalue weighted by atomic mass is 19.1. The maximum Gasteiger partial charge on any atom is 0.251 e. The molecule has 1 unspecified atom stereocenters. The number of carbonyl (C=O) groups is 2. The number of hydrogen-bond donors (Lipinski definition) is 0. The number of para-hydroxylation sites is 1. The van der Waals surface area contributed by atoms with E-state index in [1.165, 1.54) is 18.2 Å². The average molecular weight is 377 g/mol. The number of nitriles is 1. The summed E-state index contributed by atoms with van der Waals surface area (Å²) in [5, 5.41) is 9.82. The van der Waals surface area contributed by atoms with E-state index in [4.69, 9.17) is 0 Å². The SMILES string of the molecule is N#CC1(c2ccccc2)CCN(C2CC(=O)N(c3ccccc3F)C2=O)CC1. The number of hydrogen-bond acceptors (Lipinski definition) is 4. The van der Waals surface area contributed by atoms with E-state index < -0.39 is 17.3 Å². The van der Waals surface area contributed by atoms with Crippen LogP contribution in [0.2, 0.25) is 0 Å². The van der Waals surface area contributed by atoms with Gasteiger partial charge in [0, 0.05) is 13.1 Å². The third-order valence-electron chi connectivity index (χ3n) is 5.85. The Morgan fingerprint density at radius 3 is 2.29 bits per heavy atom. The molecule has 0 saturated carbocycles. The zero-order valence-corrected chi connectivity index (χ0v) is 15.3. The summed E-state index contributed by atoms with van der Waals surface area (Å²) in [7, 11) is 0. The van der Waals surface area contributed by atoms with Crippen LogP contribution < -0.4 is 4.90 Å². The smallest absolute Gasteiger partial charge is 0.251 e. The number of piperidine rings is 1. The highest BCUT2D eigenvalue weighted by Crippen LogP contribution is 2.37. The normalized spacial score (nSPS) is 22.3. The minimum absolute atomic E-state index is 0.00710. The Morgan fingerprint density at radius 1 is 1.00 bits per heavy atom. The number of imide groups is 1. The molecule has 4 rings (SSSR count). The molecule has 28 heavy (non-hydrogen) atoms. The van der Waals surface area contributed by atoms with E-state index in [-0.39, 0.29) is 23.9 Å². The summed E-state index contributed by atoms with van der Waals surface area (Å²) in [6.07, 6.45) is 1.22. The Labute approximate surface area is 163 Å². The van der Waals surface area contributed by atoms with Crippen molar-refractivity contribution in [3.63, 3.8) is 0 Å². The molecule has 0 aliphatic carbocycles. The monoisotopic (exact) mass is 377 g/mol. The van der Waals surface area contributed by atoms with Crippen molar-refractivity contribution in [2.45, 2.75) is 30.7 Å². The van der Waals surface area contributed by atoms with Gasteiger partial charge in [0.15, 0.2) is 0 Å². The molecule has 6 heteroatoms. The Morgan fingerprint density at radius 2 is 1.64 bits per heavy atom. The number of likely N-dealkylation sites (tertiary alicyclic amines) is 1. The fraction of sp³-hybridized carbons (Fsp3) is 0.318. The predicted molar refractivity (Wildman–Crippen MR) is 102 cm³/mol. The van der Waals surface area contributed by atoms with Crippen molar-refractivity contribution in [2.75, 3.05) is 18.0 Å². The average Bonchev–Trinajstić information content (AvgIpc) is 3.03. The first-order chi connectivity index (χ1) is 13.6. The predicted octanol–water partition coefficient (Wildman–Crippen LogP) is 3.01. The summed E-state index contributed by atoms with van der Waals surface area (Å²) < 4.78 is 14.1. The van der Waals surface area contributed by atoms with Gasteiger partial charge in [-0.05, 0) is 30.5 Å². The first-order valence-corrected chi connectivity index (χ1v) is 9.38. The molecule has 0 N–H and O–H groups in total. The summed E-state index contributed by atoms with van der Waals surface area (Å²) in [4.78, 5) is 28.3. The molecule has 2 amide bonds. The Hall–Kier alpha value is -3.04. The van der Waals surface area contributed by atoms with Gasteiger partial charge in [-0.15, -0.1) is 0 Å². The van der Waals surface area contributed by atoms with Crippen LogP contribution >= 0.6 is 0 Å². The van der Waals surface area contributed by atoms with Gasteiger partial charge in [-0.3, -0.25) is 14.5 Å². The molecule has 0 aromatic heterocycles. The van der Waals surface area contributed by atoms with Crippen molar-refractivity contribution in [3.8, 4) is 6.07 Å². The number of amides is 2. The lowest BCUT2D eigenvalue weighted by molar-refractivity contribution is -0.123. The molecule has 1 atom stereocenters. The van der Waals surface area contributed by atoms with Gasteiger partial charge in [-0.1, -0.05) is 42.5 Å². The molecule has 2 aliphatic rings. The number of nitrogens with zero attached hydrogens (tertiary/aromatic N) is 3. The van der Waals surface area contributed by atoms with Crippen LogP contribution in [-0.2, 0) is 15.0 Å². The van der Waals surface area contributed by atoms with Crippen molar-refractivity contribution in [2.24, 2.45) is 0 Å². The summed E-state index contributed by atoms with van der Waals surface area (Å²) in [6.45, 7) is 1.08. The molecule has 0 bridgehead atoms. The largest absolute Gasteiger partial charge is 0.291 e. The van der Waals surface area contributed by atoms with Crippen molar-refractivity contribution in [3.05, 3.63) is 66.0 Å². The number of carbonyl (C=O) groups excluding carboxylic acids is 2. The zero-order chi connectivity index (χ0) is 19.7. The summed E-state index contributed by atoms with van der Waals surface area (Å²) in [5.41, 5.74) is 0.417. The van der Waals surface area contributed by atoms with Crippen molar-refractivity contribution < 1.29 is 14.0 Å². The molecule has 2 aromatic rings. The van der Waals surface area contributed by atoms with Crippen molar-refractivity contribution in [1.82, 2.24) is 4.90 Å². The van der Waals surface area contributed by atoms with E-state index in [0.29, 0.717) is 25.9 Å². The third kappa shape index (κ3) is 2.98. The Bertz CT molecular complexity index is 946. The molecule has 2 fully saturated rings.